The largest absolute Gasteiger partial charge is 0.384 e. The Kier molecular flexibility index (Phi) is 4.64. The third-order valence-corrected chi connectivity index (χ3v) is 2.68. The minimum Gasteiger partial charge on any atom is -0.384 e. The van der Waals surface area contributed by atoms with Crippen LogP contribution >= 0.6 is 0 Å². The molecule has 0 aliphatic rings. The van der Waals surface area contributed by atoms with Crippen molar-refractivity contribution in [3.05, 3.63) is 59.0 Å². The Hall–Kier alpha value is -2.71. The molecule has 106 valence electrons. The number of carbonyl (C=O) groups is 1. The summed E-state index contributed by atoms with van der Waals surface area (Å²) < 4.78 is 13.6. The molecule has 21 heavy (non-hydrogen) atoms. The maximum Gasteiger partial charge on any atom is 0.259 e. The van der Waals surface area contributed by atoms with E-state index in [0.717, 1.165) is 5.56 Å². The first-order valence-corrected chi connectivity index (χ1v) is 6.23. The minimum atomic E-state index is -0.589. The van der Waals surface area contributed by atoms with E-state index in [1.54, 1.807) is 25.1 Å². The number of nitrogens with one attached hydrogen (secondary N) is 1. The summed E-state index contributed by atoms with van der Waals surface area (Å²) in [5.41, 5.74) is 1.35. The van der Waals surface area contributed by atoms with Gasteiger partial charge in [-0.15, -0.1) is 0 Å². The van der Waals surface area contributed by atoms with Crippen LogP contribution in [0.3, 0.4) is 0 Å². The van der Waals surface area contributed by atoms with Gasteiger partial charge in [0.25, 0.3) is 5.91 Å². The maximum absolute atomic E-state index is 13.6. The molecule has 1 aromatic carbocycles. The predicted octanol–water partition coefficient (Wildman–Crippen LogP) is 2.13. The minimum absolute atomic E-state index is 0.0383. The summed E-state index contributed by atoms with van der Waals surface area (Å²) in [6.07, 6.45) is 1.48. The second-order valence-electron chi connectivity index (χ2n) is 4.33. The van der Waals surface area contributed by atoms with Gasteiger partial charge in [-0.3, -0.25) is 4.79 Å². The zero-order valence-corrected chi connectivity index (χ0v) is 11.4. The van der Waals surface area contributed by atoms with Gasteiger partial charge in [0.2, 0.25) is 0 Å². The van der Waals surface area contributed by atoms with Crippen molar-refractivity contribution >= 4 is 11.7 Å². The molecule has 1 aromatic heterocycles. The number of aryl methyl sites for hydroxylation is 1. The van der Waals surface area contributed by atoms with Gasteiger partial charge in [0.1, 0.15) is 18.2 Å². The lowest BCUT2D eigenvalue weighted by atomic mass is 10.1. The second-order valence-corrected chi connectivity index (χ2v) is 4.33. The van der Waals surface area contributed by atoms with E-state index in [1.165, 1.54) is 18.3 Å². The molecule has 4 nitrogen and oxygen atoms in total. The summed E-state index contributed by atoms with van der Waals surface area (Å²) in [4.78, 5) is 16.0. The molecule has 5 heteroatoms. The number of aromatic nitrogens is 1. The Morgan fingerprint density at radius 2 is 2.19 bits per heavy atom. The summed E-state index contributed by atoms with van der Waals surface area (Å²) in [6, 6.07) is 7.51. The number of aliphatic hydroxyl groups is 1. The SMILES string of the molecule is Cc1ccc(F)c(C(=O)Nc2cc(C#CCO)ccn2)c1. The average molecular weight is 284 g/mol. The molecule has 0 aliphatic heterocycles. The fraction of sp³-hybridized carbons (Fsp3) is 0.125. The van der Waals surface area contributed by atoms with E-state index in [9.17, 15) is 9.18 Å². The Morgan fingerprint density at radius 3 is 2.95 bits per heavy atom. The molecule has 0 saturated carbocycles. The van der Waals surface area contributed by atoms with Crippen LogP contribution in [-0.4, -0.2) is 22.6 Å². The number of aliphatic hydroxyl groups excluding tert-OH is 1. The van der Waals surface area contributed by atoms with E-state index in [1.807, 2.05) is 0 Å². The van der Waals surface area contributed by atoms with Gasteiger partial charge in [-0.2, -0.15) is 0 Å². The van der Waals surface area contributed by atoms with Gasteiger partial charge in [0.15, 0.2) is 0 Å². The molecule has 0 unspecified atom stereocenters. The van der Waals surface area contributed by atoms with Crippen LogP contribution in [0.4, 0.5) is 10.2 Å². The number of anilines is 1. The van der Waals surface area contributed by atoms with E-state index in [0.29, 0.717) is 5.56 Å². The molecular weight excluding hydrogens is 271 g/mol. The highest BCUT2D eigenvalue weighted by molar-refractivity contribution is 6.04. The molecule has 0 bridgehead atoms. The van der Waals surface area contributed by atoms with Crippen LogP contribution in [0.15, 0.2) is 36.5 Å². The van der Waals surface area contributed by atoms with Crippen molar-refractivity contribution < 1.29 is 14.3 Å². The van der Waals surface area contributed by atoms with Gasteiger partial charge in [0, 0.05) is 11.8 Å². The van der Waals surface area contributed by atoms with Gasteiger partial charge >= 0.3 is 0 Å². The van der Waals surface area contributed by atoms with Crippen molar-refractivity contribution in [2.24, 2.45) is 0 Å². The van der Waals surface area contributed by atoms with Crippen LogP contribution in [0.2, 0.25) is 0 Å². The van der Waals surface area contributed by atoms with E-state index in [-0.39, 0.29) is 18.0 Å². The fourth-order valence-corrected chi connectivity index (χ4v) is 1.72. The lowest BCUT2D eigenvalue weighted by Crippen LogP contribution is -2.15. The van der Waals surface area contributed by atoms with E-state index >= 15 is 0 Å². The summed E-state index contributed by atoms with van der Waals surface area (Å²) in [5, 5.41) is 11.2. The Bertz CT molecular complexity index is 733. The third kappa shape index (κ3) is 3.88. The van der Waals surface area contributed by atoms with Crippen molar-refractivity contribution in [2.45, 2.75) is 6.92 Å². The Labute approximate surface area is 121 Å². The number of carbonyl (C=O) groups excluding carboxylic acids is 1. The predicted molar refractivity (Wildman–Crippen MR) is 77.3 cm³/mol. The molecule has 2 aromatic rings. The van der Waals surface area contributed by atoms with Crippen molar-refractivity contribution in [1.82, 2.24) is 4.98 Å². The normalized spacial score (nSPS) is 9.67. The van der Waals surface area contributed by atoms with E-state index in [2.05, 4.69) is 22.1 Å². The molecular formula is C16H13FN2O2. The molecule has 0 saturated heterocycles. The van der Waals surface area contributed by atoms with Crippen LogP contribution < -0.4 is 5.32 Å². The number of nitrogens with zero attached hydrogens (tertiary/aromatic N) is 1. The molecule has 0 aliphatic carbocycles. The van der Waals surface area contributed by atoms with Gasteiger partial charge in [-0.25, -0.2) is 9.37 Å². The van der Waals surface area contributed by atoms with Crippen LogP contribution in [0.25, 0.3) is 0 Å². The highest BCUT2D eigenvalue weighted by Gasteiger charge is 2.12. The number of rotatable bonds is 2. The topological polar surface area (TPSA) is 62.2 Å². The average Bonchev–Trinajstić information content (AvgIpc) is 2.48. The standard InChI is InChI=1S/C16H13FN2O2/c1-11-4-5-14(17)13(9-11)16(21)19-15-10-12(3-2-8-20)6-7-18-15/h4-7,9-10,20H,8H2,1H3,(H,18,19,21). The number of halogens is 1. The van der Waals surface area contributed by atoms with Gasteiger partial charge < -0.3 is 10.4 Å². The van der Waals surface area contributed by atoms with Crippen LogP contribution in [0.5, 0.6) is 0 Å². The van der Waals surface area contributed by atoms with Gasteiger partial charge in [-0.1, -0.05) is 23.5 Å². The highest BCUT2D eigenvalue weighted by Crippen LogP contribution is 2.13. The summed E-state index contributed by atoms with van der Waals surface area (Å²) in [5.74, 6) is 4.31. The zero-order chi connectivity index (χ0) is 15.2. The summed E-state index contributed by atoms with van der Waals surface area (Å²) in [6.45, 7) is 1.53. The first-order chi connectivity index (χ1) is 10.1. The van der Waals surface area contributed by atoms with Crippen LogP contribution in [-0.2, 0) is 0 Å². The van der Waals surface area contributed by atoms with E-state index < -0.39 is 11.7 Å². The number of amides is 1. The summed E-state index contributed by atoms with van der Waals surface area (Å²) in [7, 11) is 0. The maximum atomic E-state index is 13.6. The van der Waals surface area contributed by atoms with Gasteiger partial charge in [0.05, 0.1) is 5.56 Å². The van der Waals surface area contributed by atoms with Crippen molar-refractivity contribution in [1.29, 1.82) is 0 Å². The lowest BCUT2D eigenvalue weighted by Gasteiger charge is -2.06. The summed E-state index contributed by atoms with van der Waals surface area (Å²) >= 11 is 0. The lowest BCUT2D eigenvalue weighted by molar-refractivity contribution is 0.102. The van der Waals surface area contributed by atoms with Crippen molar-refractivity contribution in [2.75, 3.05) is 11.9 Å². The van der Waals surface area contributed by atoms with Crippen molar-refractivity contribution in [3.63, 3.8) is 0 Å². The highest BCUT2D eigenvalue weighted by atomic mass is 19.1. The first kappa shape index (κ1) is 14.7. The second kappa shape index (κ2) is 6.64. The third-order valence-electron chi connectivity index (χ3n) is 2.68. The molecule has 0 radical (unpaired) electrons. The smallest absolute Gasteiger partial charge is 0.259 e. The van der Waals surface area contributed by atoms with Crippen LogP contribution in [0, 0.1) is 24.6 Å². The number of pyridine rings is 1. The molecule has 1 heterocycles. The number of benzene rings is 1. The van der Waals surface area contributed by atoms with Crippen molar-refractivity contribution in [3.8, 4) is 11.8 Å². The van der Waals surface area contributed by atoms with Crippen LogP contribution in [0.1, 0.15) is 21.5 Å². The number of hydrogen-bond acceptors (Lipinski definition) is 3. The van der Waals surface area contributed by atoms with E-state index in [4.69, 9.17) is 5.11 Å². The molecule has 0 spiro atoms. The Morgan fingerprint density at radius 1 is 1.38 bits per heavy atom. The zero-order valence-electron chi connectivity index (χ0n) is 11.4. The monoisotopic (exact) mass is 284 g/mol. The van der Waals surface area contributed by atoms with Gasteiger partial charge in [-0.05, 0) is 31.2 Å². The molecule has 2 N–H and O–H groups in total. The molecule has 2 rings (SSSR count). The molecule has 0 atom stereocenters. The molecule has 1 amide bonds. The fourth-order valence-electron chi connectivity index (χ4n) is 1.72. The number of hydrogen-bond donors (Lipinski definition) is 2. The Balaban J connectivity index is 2.21. The first-order valence-electron chi connectivity index (χ1n) is 6.23. The quantitative estimate of drug-likeness (QED) is 0.830. The molecule has 0 fully saturated rings.